The number of carboxylic acid groups (broad SMARTS) is 1. The number of ether oxygens (including phenoxy) is 3. The van der Waals surface area contributed by atoms with Gasteiger partial charge in [0.15, 0.2) is 24.2 Å². The molecule has 0 saturated heterocycles. The first kappa shape index (κ1) is 17.6. The molecule has 0 aliphatic carbocycles. The summed E-state index contributed by atoms with van der Waals surface area (Å²) in [4.78, 5) is 24.7. The van der Waals surface area contributed by atoms with Gasteiger partial charge in [-0.25, -0.2) is 4.79 Å². The van der Waals surface area contributed by atoms with Gasteiger partial charge in [-0.05, 0) is 30.3 Å². The summed E-state index contributed by atoms with van der Waals surface area (Å²) >= 11 is 0. The van der Waals surface area contributed by atoms with Gasteiger partial charge in [0, 0.05) is 12.6 Å². The van der Waals surface area contributed by atoms with E-state index in [0.29, 0.717) is 36.0 Å². The number of nitrogens with zero attached hydrogens (tertiary/aromatic N) is 1. The molecule has 0 bridgehead atoms. The molecular weight excluding hydrogens is 338 g/mol. The molecule has 1 heterocycles. The third-order valence-electron chi connectivity index (χ3n) is 3.84. The van der Waals surface area contributed by atoms with Crippen LogP contribution in [-0.2, 0) is 4.79 Å². The van der Waals surface area contributed by atoms with Crippen LogP contribution in [0.15, 0.2) is 48.5 Å². The van der Waals surface area contributed by atoms with Crippen LogP contribution >= 0.6 is 0 Å². The Morgan fingerprint density at radius 3 is 2.73 bits per heavy atom. The third kappa shape index (κ3) is 4.24. The molecule has 1 amide bonds. The van der Waals surface area contributed by atoms with Crippen LogP contribution in [0.4, 0.5) is 0 Å². The maximum Gasteiger partial charge on any atom is 0.341 e. The lowest BCUT2D eigenvalue weighted by Gasteiger charge is -2.29. The second-order valence-electron chi connectivity index (χ2n) is 5.89. The number of hydrogen-bond donors (Lipinski definition) is 1. The summed E-state index contributed by atoms with van der Waals surface area (Å²) in [7, 11) is 1.68. The minimum Gasteiger partial charge on any atom is -0.486 e. The highest BCUT2D eigenvalue weighted by molar-refractivity contribution is 5.94. The van der Waals surface area contributed by atoms with Gasteiger partial charge >= 0.3 is 5.97 Å². The van der Waals surface area contributed by atoms with E-state index < -0.39 is 12.6 Å². The van der Waals surface area contributed by atoms with Crippen molar-refractivity contribution in [2.75, 3.05) is 26.8 Å². The number of carboxylic acids is 1. The first-order chi connectivity index (χ1) is 12.5. The fourth-order valence-electron chi connectivity index (χ4n) is 2.63. The average molecular weight is 357 g/mol. The van der Waals surface area contributed by atoms with Crippen molar-refractivity contribution in [1.82, 2.24) is 4.90 Å². The van der Waals surface area contributed by atoms with Gasteiger partial charge in [0.1, 0.15) is 12.4 Å². The first-order valence-electron chi connectivity index (χ1n) is 8.11. The zero-order chi connectivity index (χ0) is 18.5. The van der Waals surface area contributed by atoms with Crippen molar-refractivity contribution in [3.63, 3.8) is 0 Å². The summed E-state index contributed by atoms with van der Waals surface area (Å²) in [5.74, 6) is 0.398. The maximum absolute atomic E-state index is 12.6. The Hall–Kier alpha value is -3.22. The van der Waals surface area contributed by atoms with Gasteiger partial charge < -0.3 is 24.2 Å². The molecule has 1 N–H and O–H groups in total. The van der Waals surface area contributed by atoms with Crippen LogP contribution in [0, 0.1) is 0 Å². The lowest BCUT2D eigenvalue weighted by Crippen LogP contribution is -2.41. The Balaban J connectivity index is 1.61. The minimum absolute atomic E-state index is 0.215. The fraction of sp³-hybridized carbons (Fsp3) is 0.263. The molecule has 2 aromatic rings. The Bertz CT molecular complexity index is 806. The standard InChI is InChI=1S/C19H19NO6/c1-20(10-15-11-25-16-7-2-3-8-17(16)26-15)19(23)13-5-4-6-14(9-13)24-12-18(21)22/h2-9,15H,10-12H2,1H3,(H,21,22). The van der Waals surface area contributed by atoms with Gasteiger partial charge in [-0.3, -0.25) is 4.79 Å². The van der Waals surface area contributed by atoms with Crippen LogP contribution in [0.2, 0.25) is 0 Å². The summed E-state index contributed by atoms with van der Waals surface area (Å²) in [5.41, 5.74) is 0.410. The van der Waals surface area contributed by atoms with Crippen molar-refractivity contribution in [1.29, 1.82) is 0 Å². The van der Waals surface area contributed by atoms with E-state index in [1.165, 1.54) is 11.0 Å². The number of amides is 1. The van der Waals surface area contributed by atoms with E-state index in [-0.39, 0.29) is 12.0 Å². The number of likely N-dealkylation sites (N-methyl/N-ethyl adjacent to an activating group) is 1. The van der Waals surface area contributed by atoms with E-state index in [0.717, 1.165) is 0 Å². The molecule has 0 spiro atoms. The molecule has 0 fully saturated rings. The maximum atomic E-state index is 12.6. The smallest absolute Gasteiger partial charge is 0.341 e. The lowest BCUT2D eigenvalue weighted by molar-refractivity contribution is -0.139. The van der Waals surface area contributed by atoms with Crippen LogP contribution in [0.3, 0.4) is 0 Å². The molecule has 1 aliphatic rings. The highest BCUT2D eigenvalue weighted by Crippen LogP contribution is 2.31. The molecule has 3 rings (SSSR count). The lowest BCUT2D eigenvalue weighted by atomic mass is 10.2. The molecule has 0 radical (unpaired) electrons. The number of aliphatic carboxylic acids is 1. The first-order valence-corrected chi connectivity index (χ1v) is 8.11. The molecule has 0 saturated carbocycles. The highest BCUT2D eigenvalue weighted by Gasteiger charge is 2.24. The number of hydrogen-bond acceptors (Lipinski definition) is 5. The zero-order valence-corrected chi connectivity index (χ0v) is 14.3. The molecule has 0 aromatic heterocycles. The molecule has 7 nitrogen and oxygen atoms in total. The SMILES string of the molecule is CN(CC1COc2ccccc2O1)C(=O)c1cccc(OCC(=O)O)c1. The Kier molecular flexibility index (Phi) is 5.26. The van der Waals surface area contributed by atoms with E-state index >= 15 is 0 Å². The average Bonchev–Trinajstić information content (AvgIpc) is 2.66. The predicted octanol–water partition coefficient (Wildman–Crippen LogP) is 2.06. The second-order valence-corrected chi connectivity index (χ2v) is 5.89. The van der Waals surface area contributed by atoms with Gasteiger partial charge in [0.25, 0.3) is 5.91 Å². The van der Waals surface area contributed by atoms with Crippen molar-refractivity contribution < 1.29 is 28.9 Å². The minimum atomic E-state index is -1.08. The number of rotatable bonds is 6. The normalized spacial score (nSPS) is 15.2. The van der Waals surface area contributed by atoms with Crippen LogP contribution in [-0.4, -0.2) is 54.8 Å². The Labute approximate surface area is 150 Å². The molecule has 136 valence electrons. The number of carbonyl (C=O) groups is 2. The quantitative estimate of drug-likeness (QED) is 0.852. The van der Waals surface area contributed by atoms with E-state index in [4.69, 9.17) is 19.3 Å². The Morgan fingerprint density at radius 1 is 1.19 bits per heavy atom. The summed E-state index contributed by atoms with van der Waals surface area (Å²) in [6.45, 7) is 0.254. The Morgan fingerprint density at radius 2 is 1.96 bits per heavy atom. The van der Waals surface area contributed by atoms with Crippen LogP contribution in [0.5, 0.6) is 17.2 Å². The van der Waals surface area contributed by atoms with Crippen molar-refractivity contribution >= 4 is 11.9 Å². The van der Waals surface area contributed by atoms with Gasteiger partial charge in [-0.1, -0.05) is 18.2 Å². The fourth-order valence-corrected chi connectivity index (χ4v) is 2.63. The number of para-hydroxylation sites is 2. The third-order valence-corrected chi connectivity index (χ3v) is 3.84. The highest BCUT2D eigenvalue weighted by atomic mass is 16.6. The summed E-state index contributed by atoms with van der Waals surface area (Å²) in [5, 5.41) is 8.67. The molecule has 1 atom stereocenters. The van der Waals surface area contributed by atoms with E-state index in [1.807, 2.05) is 24.3 Å². The molecule has 2 aromatic carbocycles. The van der Waals surface area contributed by atoms with Crippen LogP contribution in [0.25, 0.3) is 0 Å². The van der Waals surface area contributed by atoms with E-state index in [1.54, 1.807) is 25.2 Å². The van der Waals surface area contributed by atoms with Gasteiger partial charge in [0.2, 0.25) is 0 Å². The predicted molar refractivity (Wildman–Crippen MR) is 92.9 cm³/mol. The van der Waals surface area contributed by atoms with Crippen molar-refractivity contribution in [3.05, 3.63) is 54.1 Å². The monoisotopic (exact) mass is 357 g/mol. The number of fused-ring (bicyclic) bond motifs is 1. The molecule has 1 unspecified atom stereocenters. The molecule has 26 heavy (non-hydrogen) atoms. The number of benzene rings is 2. The van der Waals surface area contributed by atoms with Gasteiger partial charge in [-0.15, -0.1) is 0 Å². The summed E-state index contributed by atoms with van der Waals surface area (Å²) < 4.78 is 16.6. The van der Waals surface area contributed by atoms with Crippen LogP contribution in [0.1, 0.15) is 10.4 Å². The van der Waals surface area contributed by atoms with Gasteiger partial charge in [-0.2, -0.15) is 0 Å². The summed E-state index contributed by atoms with van der Waals surface area (Å²) in [6, 6.07) is 13.8. The second kappa shape index (κ2) is 7.77. The number of carbonyl (C=O) groups excluding carboxylic acids is 1. The summed E-state index contributed by atoms with van der Waals surface area (Å²) in [6.07, 6.45) is -0.273. The van der Waals surface area contributed by atoms with Crippen molar-refractivity contribution in [3.8, 4) is 17.2 Å². The van der Waals surface area contributed by atoms with Crippen molar-refractivity contribution in [2.45, 2.75) is 6.10 Å². The van der Waals surface area contributed by atoms with Gasteiger partial charge in [0.05, 0.1) is 6.54 Å². The topological polar surface area (TPSA) is 85.3 Å². The molecule has 1 aliphatic heterocycles. The molecule has 7 heteroatoms. The van der Waals surface area contributed by atoms with E-state index in [2.05, 4.69) is 0 Å². The van der Waals surface area contributed by atoms with E-state index in [9.17, 15) is 9.59 Å². The van der Waals surface area contributed by atoms with Crippen molar-refractivity contribution in [2.24, 2.45) is 0 Å². The molecular formula is C19H19NO6. The largest absolute Gasteiger partial charge is 0.486 e. The van der Waals surface area contributed by atoms with Crippen LogP contribution < -0.4 is 14.2 Å². The zero-order valence-electron chi connectivity index (χ0n) is 14.3.